The highest BCUT2D eigenvalue weighted by Crippen LogP contribution is 2.28. The van der Waals surface area contributed by atoms with Gasteiger partial charge in [0.1, 0.15) is 5.78 Å². The minimum atomic E-state index is -0.402. The molecule has 7 nitrogen and oxygen atoms in total. The van der Waals surface area contributed by atoms with E-state index < -0.39 is 5.92 Å². The van der Waals surface area contributed by atoms with Gasteiger partial charge < -0.3 is 16.0 Å². The Morgan fingerprint density at radius 3 is 2.50 bits per heavy atom. The maximum Gasteiger partial charge on any atom is 0.324 e. The summed E-state index contributed by atoms with van der Waals surface area (Å²) in [4.78, 5) is 41.1. The van der Waals surface area contributed by atoms with Crippen LogP contribution in [0, 0.1) is 11.8 Å². The second-order valence-electron chi connectivity index (χ2n) is 7.77. The van der Waals surface area contributed by atoms with Crippen LogP contribution >= 0.6 is 0 Å². The molecular weight excluding hydrogens is 356 g/mol. The average Bonchev–Trinajstić information content (AvgIpc) is 2.69. The number of unbranched alkanes of at least 4 members (excludes halogenated alkanes) is 1. The molecule has 28 heavy (non-hydrogen) atoms. The number of nitrogens with one attached hydrogen (secondary N) is 1. The van der Waals surface area contributed by atoms with Crippen molar-refractivity contribution < 1.29 is 14.4 Å². The lowest BCUT2D eigenvalue weighted by molar-refractivity contribution is -0.133. The summed E-state index contributed by atoms with van der Waals surface area (Å²) in [5, 5.41) is 2.89. The minimum Gasteiger partial charge on any atom is -0.336 e. The lowest BCUT2D eigenvalue weighted by Crippen LogP contribution is -2.49. The maximum absolute atomic E-state index is 13.1. The molecule has 0 aliphatic heterocycles. The topological polar surface area (TPSA) is 95.7 Å². The Balaban J connectivity index is 2.69. The minimum absolute atomic E-state index is 0.200. The van der Waals surface area contributed by atoms with Crippen molar-refractivity contribution in [2.45, 2.75) is 65.7 Å². The fraction of sp³-hybridized carbons (Fsp3) is 0.857. The Morgan fingerprint density at radius 1 is 1.21 bits per heavy atom. The fourth-order valence-electron chi connectivity index (χ4n) is 3.82. The molecule has 1 fully saturated rings. The second-order valence-corrected chi connectivity index (χ2v) is 7.77. The third kappa shape index (κ3) is 8.27. The van der Waals surface area contributed by atoms with Crippen molar-refractivity contribution in [3.63, 3.8) is 0 Å². The molecule has 0 heterocycles. The molecule has 0 bridgehead atoms. The van der Waals surface area contributed by atoms with Crippen LogP contribution in [0.2, 0.25) is 0 Å². The van der Waals surface area contributed by atoms with Gasteiger partial charge in [-0.2, -0.15) is 0 Å². The van der Waals surface area contributed by atoms with Crippen molar-refractivity contribution in [1.29, 1.82) is 0 Å². The molecule has 1 saturated carbocycles. The van der Waals surface area contributed by atoms with Gasteiger partial charge in [-0.15, -0.1) is 0 Å². The van der Waals surface area contributed by atoms with Gasteiger partial charge in [0.2, 0.25) is 5.91 Å². The first kappa shape index (κ1) is 24.6. The number of imide groups is 1. The van der Waals surface area contributed by atoms with Crippen LogP contribution in [0.4, 0.5) is 4.79 Å². The summed E-state index contributed by atoms with van der Waals surface area (Å²) in [5.41, 5.74) is 5.90. The molecule has 3 amide bonds. The van der Waals surface area contributed by atoms with Gasteiger partial charge in [0.15, 0.2) is 0 Å². The van der Waals surface area contributed by atoms with Crippen molar-refractivity contribution in [2.24, 2.45) is 17.6 Å². The number of Topliss-reactive ketones (excluding diaryl/α,β-unsaturated/α-hetero) is 1. The van der Waals surface area contributed by atoms with Crippen molar-refractivity contribution in [1.82, 2.24) is 15.1 Å². The van der Waals surface area contributed by atoms with E-state index in [1.807, 2.05) is 6.92 Å². The van der Waals surface area contributed by atoms with Gasteiger partial charge in [0, 0.05) is 39.0 Å². The first-order valence-corrected chi connectivity index (χ1v) is 11.0. The number of carbonyl (C=O) groups excluding carboxylic acids is 3. The van der Waals surface area contributed by atoms with E-state index >= 15 is 0 Å². The molecular formula is C21H40N4O3. The Hall–Kier alpha value is -1.47. The maximum atomic E-state index is 13.1. The number of hydrogen-bond donors (Lipinski definition) is 2. The summed E-state index contributed by atoms with van der Waals surface area (Å²) in [5.74, 6) is -0.121. The Kier molecular flexibility index (Phi) is 12.0. The zero-order valence-electron chi connectivity index (χ0n) is 18.0. The average molecular weight is 397 g/mol. The van der Waals surface area contributed by atoms with Crippen molar-refractivity contribution in [2.75, 3.05) is 39.3 Å². The number of hydrogen-bond acceptors (Lipinski definition) is 5. The normalized spacial score (nSPS) is 18.2. The van der Waals surface area contributed by atoms with Gasteiger partial charge >= 0.3 is 6.03 Å². The predicted octanol–water partition coefficient (Wildman–Crippen LogP) is 2.39. The molecule has 1 aliphatic carbocycles. The predicted molar refractivity (Wildman–Crippen MR) is 112 cm³/mol. The molecule has 162 valence electrons. The number of nitrogens with two attached hydrogens (primary N) is 1. The number of ketones is 1. The Bertz CT molecular complexity index is 494. The van der Waals surface area contributed by atoms with Crippen molar-refractivity contribution in [3.8, 4) is 0 Å². The summed E-state index contributed by atoms with van der Waals surface area (Å²) >= 11 is 0. The lowest BCUT2D eigenvalue weighted by atomic mass is 9.81. The number of carbonyl (C=O) groups is 3. The van der Waals surface area contributed by atoms with Crippen LogP contribution in [-0.2, 0) is 9.59 Å². The van der Waals surface area contributed by atoms with Gasteiger partial charge in [-0.3, -0.25) is 14.5 Å². The Morgan fingerprint density at radius 2 is 1.93 bits per heavy atom. The van der Waals surface area contributed by atoms with Crippen LogP contribution in [0.25, 0.3) is 0 Å². The molecule has 7 heteroatoms. The van der Waals surface area contributed by atoms with E-state index in [9.17, 15) is 14.4 Å². The summed E-state index contributed by atoms with van der Waals surface area (Å²) in [6.45, 7) is 9.97. The fourth-order valence-corrected chi connectivity index (χ4v) is 3.82. The van der Waals surface area contributed by atoms with Gasteiger partial charge in [-0.1, -0.05) is 27.2 Å². The molecule has 2 atom stereocenters. The summed E-state index contributed by atoms with van der Waals surface area (Å²) < 4.78 is 0. The molecule has 0 aromatic carbocycles. The summed E-state index contributed by atoms with van der Waals surface area (Å²) in [6.07, 6.45) is 5.30. The molecule has 1 aliphatic rings. The number of urea groups is 1. The highest BCUT2D eigenvalue weighted by Gasteiger charge is 2.31. The van der Waals surface area contributed by atoms with Crippen LogP contribution < -0.4 is 11.1 Å². The van der Waals surface area contributed by atoms with Crippen molar-refractivity contribution >= 4 is 17.7 Å². The SMILES string of the molecule is CCCCN(C(=O)NCCN(CC)CC)C(=O)[C@@H](CN)C[C@H]1CCCC(=O)C1. The molecule has 0 aromatic heterocycles. The first-order chi connectivity index (χ1) is 13.5. The third-order valence-electron chi connectivity index (χ3n) is 5.68. The smallest absolute Gasteiger partial charge is 0.324 e. The van der Waals surface area contributed by atoms with Gasteiger partial charge in [0.25, 0.3) is 0 Å². The van der Waals surface area contributed by atoms with E-state index in [1.165, 1.54) is 4.90 Å². The Labute approximate surface area is 170 Å². The molecule has 0 spiro atoms. The van der Waals surface area contributed by atoms with Crippen LogP contribution in [0.3, 0.4) is 0 Å². The molecule has 0 unspecified atom stereocenters. The van der Waals surface area contributed by atoms with Crippen molar-refractivity contribution in [3.05, 3.63) is 0 Å². The first-order valence-electron chi connectivity index (χ1n) is 11.0. The molecule has 0 saturated heterocycles. The van der Waals surface area contributed by atoms with Crippen LogP contribution in [0.1, 0.15) is 65.7 Å². The molecule has 0 aromatic rings. The number of rotatable bonds is 12. The highest BCUT2D eigenvalue weighted by molar-refractivity contribution is 5.95. The van der Waals surface area contributed by atoms with E-state index in [0.29, 0.717) is 32.4 Å². The zero-order chi connectivity index (χ0) is 20.9. The highest BCUT2D eigenvalue weighted by atomic mass is 16.2. The number of likely N-dealkylation sites (N-methyl/N-ethyl adjacent to an activating group) is 1. The van der Waals surface area contributed by atoms with E-state index in [0.717, 1.165) is 45.3 Å². The monoisotopic (exact) mass is 396 g/mol. The summed E-state index contributed by atoms with van der Waals surface area (Å²) in [6, 6.07) is -0.330. The molecule has 1 rings (SSSR count). The lowest BCUT2D eigenvalue weighted by Gasteiger charge is -2.29. The number of amides is 3. The standard InChI is InChI=1S/C21H40N4O3/c1-4-7-12-25(21(28)23-11-13-24(5-2)6-3)20(27)18(16-22)14-17-9-8-10-19(26)15-17/h17-18H,4-16,22H2,1-3H3,(H,23,28)/t17-,18-/m1/s1. The van der Waals surface area contributed by atoms with E-state index in [2.05, 4.69) is 24.1 Å². The van der Waals surface area contributed by atoms with E-state index in [4.69, 9.17) is 5.73 Å². The zero-order valence-corrected chi connectivity index (χ0v) is 18.0. The quantitative estimate of drug-likeness (QED) is 0.528. The molecule has 0 radical (unpaired) electrons. The number of nitrogens with zero attached hydrogens (tertiary/aromatic N) is 2. The van der Waals surface area contributed by atoms with Crippen LogP contribution in [0.5, 0.6) is 0 Å². The van der Waals surface area contributed by atoms with E-state index in [1.54, 1.807) is 0 Å². The largest absolute Gasteiger partial charge is 0.336 e. The third-order valence-corrected chi connectivity index (χ3v) is 5.68. The van der Waals surface area contributed by atoms with Gasteiger partial charge in [0.05, 0.1) is 5.92 Å². The molecule has 3 N–H and O–H groups in total. The van der Waals surface area contributed by atoms with E-state index in [-0.39, 0.29) is 30.2 Å². The van der Waals surface area contributed by atoms with Gasteiger partial charge in [-0.05, 0) is 44.7 Å². The van der Waals surface area contributed by atoms with Crippen LogP contribution in [0.15, 0.2) is 0 Å². The second kappa shape index (κ2) is 13.7. The van der Waals surface area contributed by atoms with Crippen LogP contribution in [-0.4, -0.2) is 66.8 Å². The van der Waals surface area contributed by atoms with Gasteiger partial charge in [-0.25, -0.2) is 4.79 Å². The summed E-state index contributed by atoms with van der Waals surface area (Å²) in [7, 11) is 0.